The lowest BCUT2D eigenvalue weighted by Gasteiger charge is -2.07. The predicted octanol–water partition coefficient (Wildman–Crippen LogP) is 4.46. The summed E-state index contributed by atoms with van der Waals surface area (Å²) < 4.78 is 7.18. The third kappa shape index (κ3) is 4.50. The Labute approximate surface area is 166 Å². The molecule has 2 aromatic heterocycles. The maximum absolute atomic E-state index is 12.6. The molecule has 28 heavy (non-hydrogen) atoms. The number of amides is 1. The minimum atomic E-state index is -0.252. The van der Waals surface area contributed by atoms with Crippen molar-refractivity contribution in [1.29, 1.82) is 0 Å². The quantitative estimate of drug-likeness (QED) is 0.472. The molecule has 4 rings (SSSR count). The van der Waals surface area contributed by atoms with Gasteiger partial charge >= 0.3 is 0 Å². The molecule has 140 valence electrons. The molecule has 1 N–H and O–H groups in total. The Morgan fingerprint density at radius 1 is 1.07 bits per heavy atom. The van der Waals surface area contributed by atoms with Gasteiger partial charge in [0.2, 0.25) is 0 Å². The monoisotopic (exact) mass is 390 g/mol. The van der Waals surface area contributed by atoms with Gasteiger partial charge in [-0.25, -0.2) is 9.67 Å². The third-order valence-electron chi connectivity index (χ3n) is 4.11. The highest BCUT2D eigenvalue weighted by molar-refractivity contribution is 7.98. The van der Waals surface area contributed by atoms with Crippen LogP contribution in [0.4, 0.5) is 5.69 Å². The molecule has 0 saturated carbocycles. The summed E-state index contributed by atoms with van der Waals surface area (Å²) >= 11 is 1.67. The Balaban J connectivity index is 1.38. The highest BCUT2D eigenvalue weighted by Gasteiger charge is 2.16. The van der Waals surface area contributed by atoms with Crippen LogP contribution in [0.15, 0.2) is 88.9 Å². The largest absolute Gasteiger partial charge is 0.459 e. The van der Waals surface area contributed by atoms with E-state index < -0.39 is 0 Å². The van der Waals surface area contributed by atoms with E-state index in [9.17, 15) is 4.79 Å². The standard InChI is InChI=1S/C21H18N4O2S/c26-21(20-17(10-11-27-20)13-28-19-4-2-1-3-5-19)24-18-8-6-16(7-9-18)12-25-15-22-14-23-25/h1-11,14-15H,12-13H2,(H,24,26). The third-order valence-corrected chi connectivity index (χ3v) is 5.17. The summed E-state index contributed by atoms with van der Waals surface area (Å²) in [6.07, 6.45) is 4.73. The van der Waals surface area contributed by atoms with E-state index in [1.165, 1.54) is 6.33 Å². The second kappa shape index (κ2) is 8.58. The molecule has 2 aromatic carbocycles. The molecule has 0 aliphatic rings. The predicted molar refractivity (Wildman–Crippen MR) is 108 cm³/mol. The van der Waals surface area contributed by atoms with E-state index in [2.05, 4.69) is 15.4 Å². The fourth-order valence-electron chi connectivity index (χ4n) is 2.71. The molecule has 0 atom stereocenters. The average molecular weight is 390 g/mol. The molecule has 0 aliphatic heterocycles. The number of hydrogen-bond acceptors (Lipinski definition) is 5. The van der Waals surface area contributed by atoms with Gasteiger partial charge in [-0.05, 0) is 35.9 Å². The van der Waals surface area contributed by atoms with Crippen molar-refractivity contribution < 1.29 is 9.21 Å². The highest BCUT2D eigenvalue weighted by Crippen LogP contribution is 2.25. The van der Waals surface area contributed by atoms with Crippen molar-refractivity contribution in [2.75, 3.05) is 5.32 Å². The van der Waals surface area contributed by atoms with E-state index in [0.29, 0.717) is 23.7 Å². The van der Waals surface area contributed by atoms with E-state index in [1.54, 1.807) is 29.0 Å². The van der Waals surface area contributed by atoms with Crippen LogP contribution in [0.3, 0.4) is 0 Å². The molecule has 0 unspecified atom stereocenters. The second-order valence-electron chi connectivity index (χ2n) is 6.12. The summed E-state index contributed by atoms with van der Waals surface area (Å²) in [7, 11) is 0. The minimum Gasteiger partial charge on any atom is -0.459 e. The number of thioether (sulfide) groups is 1. The molecular formula is C21H18N4O2S. The van der Waals surface area contributed by atoms with Gasteiger partial charge in [0, 0.05) is 21.9 Å². The fraction of sp³-hybridized carbons (Fsp3) is 0.0952. The molecule has 0 radical (unpaired) electrons. The summed E-state index contributed by atoms with van der Waals surface area (Å²) in [6, 6.07) is 19.5. The fourth-order valence-corrected chi connectivity index (χ4v) is 3.61. The Hall–Kier alpha value is -3.32. The van der Waals surface area contributed by atoms with Crippen LogP contribution in [0.2, 0.25) is 0 Å². The van der Waals surface area contributed by atoms with E-state index in [0.717, 1.165) is 16.0 Å². The molecule has 7 heteroatoms. The number of benzene rings is 2. The first-order valence-corrected chi connectivity index (χ1v) is 9.73. The average Bonchev–Trinajstić information content (AvgIpc) is 3.40. The number of hydrogen-bond donors (Lipinski definition) is 1. The lowest BCUT2D eigenvalue weighted by molar-refractivity contribution is 0.0996. The minimum absolute atomic E-state index is 0.252. The van der Waals surface area contributed by atoms with Crippen molar-refractivity contribution in [3.63, 3.8) is 0 Å². The van der Waals surface area contributed by atoms with Crippen LogP contribution in [-0.4, -0.2) is 20.7 Å². The number of nitrogens with one attached hydrogen (secondary N) is 1. The van der Waals surface area contributed by atoms with Crippen molar-refractivity contribution in [2.24, 2.45) is 0 Å². The smallest absolute Gasteiger partial charge is 0.291 e. The number of nitrogens with zero attached hydrogens (tertiary/aromatic N) is 3. The SMILES string of the molecule is O=C(Nc1ccc(Cn2cncn2)cc1)c1occc1CSc1ccccc1. The van der Waals surface area contributed by atoms with Crippen molar-refractivity contribution >= 4 is 23.4 Å². The summed E-state index contributed by atoms with van der Waals surface area (Å²) in [4.78, 5) is 17.7. The molecule has 6 nitrogen and oxygen atoms in total. The molecule has 0 spiro atoms. The zero-order valence-electron chi connectivity index (χ0n) is 15.0. The lowest BCUT2D eigenvalue weighted by Crippen LogP contribution is -2.12. The molecule has 0 bridgehead atoms. The first-order valence-electron chi connectivity index (χ1n) is 8.75. The zero-order valence-corrected chi connectivity index (χ0v) is 15.8. The first-order chi connectivity index (χ1) is 13.8. The number of furan rings is 1. The van der Waals surface area contributed by atoms with E-state index >= 15 is 0 Å². The van der Waals surface area contributed by atoms with E-state index in [-0.39, 0.29) is 5.91 Å². The van der Waals surface area contributed by atoms with Gasteiger partial charge in [0.25, 0.3) is 5.91 Å². The molecule has 2 heterocycles. The van der Waals surface area contributed by atoms with E-state index in [1.807, 2.05) is 60.7 Å². The zero-order chi connectivity index (χ0) is 19.2. The van der Waals surface area contributed by atoms with Crippen LogP contribution in [0.25, 0.3) is 0 Å². The van der Waals surface area contributed by atoms with Gasteiger partial charge in [-0.15, -0.1) is 11.8 Å². The van der Waals surface area contributed by atoms with Gasteiger partial charge in [-0.1, -0.05) is 30.3 Å². The van der Waals surface area contributed by atoms with Crippen molar-refractivity contribution in [1.82, 2.24) is 14.8 Å². The molecule has 0 fully saturated rings. The second-order valence-corrected chi connectivity index (χ2v) is 7.17. The molecule has 0 aliphatic carbocycles. The summed E-state index contributed by atoms with van der Waals surface area (Å²) in [6.45, 7) is 0.632. The number of anilines is 1. The van der Waals surface area contributed by atoms with Gasteiger partial charge in [-0.3, -0.25) is 4.79 Å². The molecular weight excluding hydrogens is 372 g/mol. The summed E-state index contributed by atoms with van der Waals surface area (Å²) in [5.74, 6) is 0.757. The van der Waals surface area contributed by atoms with Crippen LogP contribution in [0.1, 0.15) is 21.7 Å². The summed E-state index contributed by atoms with van der Waals surface area (Å²) in [5, 5.41) is 6.98. The van der Waals surface area contributed by atoms with Gasteiger partial charge in [-0.2, -0.15) is 5.10 Å². The van der Waals surface area contributed by atoms with Crippen LogP contribution in [0, 0.1) is 0 Å². The van der Waals surface area contributed by atoms with Crippen molar-refractivity contribution in [3.8, 4) is 0 Å². The number of rotatable bonds is 7. The van der Waals surface area contributed by atoms with Crippen LogP contribution in [-0.2, 0) is 12.3 Å². The van der Waals surface area contributed by atoms with Gasteiger partial charge in [0.1, 0.15) is 12.7 Å². The highest BCUT2D eigenvalue weighted by atomic mass is 32.2. The number of carbonyl (C=O) groups is 1. The molecule has 1 amide bonds. The van der Waals surface area contributed by atoms with Gasteiger partial charge in [0.15, 0.2) is 5.76 Å². The Morgan fingerprint density at radius 3 is 2.64 bits per heavy atom. The Bertz CT molecular complexity index is 1030. The molecule has 4 aromatic rings. The van der Waals surface area contributed by atoms with Gasteiger partial charge < -0.3 is 9.73 Å². The Kier molecular flexibility index (Phi) is 5.53. The lowest BCUT2D eigenvalue weighted by atomic mass is 10.2. The summed E-state index contributed by atoms with van der Waals surface area (Å²) in [5.41, 5.74) is 2.65. The van der Waals surface area contributed by atoms with Crippen molar-refractivity contribution in [3.05, 3.63) is 96.5 Å². The van der Waals surface area contributed by atoms with Crippen molar-refractivity contribution in [2.45, 2.75) is 17.2 Å². The van der Waals surface area contributed by atoms with E-state index in [4.69, 9.17) is 4.42 Å². The first kappa shape index (κ1) is 18.1. The normalized spacial score (nSPS) is 10.7. The maximum atomic E-state index is 12.6. The maximum Gasteiger partial charge on any atom is 0.291 e. The van der Waals surface area contributed by atoms with Gasteiger partial charge in [0.05, 0.1) is 12.8 Å². The molecule has 0 saturated heterocycles. The topological polar surface area (TPSA) is 73.0 Å². The van der Waals surface area contributed by atoms with Crippen LogP contribution in [0.5, 0.6) is 0 Å². The van der Waals surface area contributed by atoms with Crippen LogP contribution >= 0.6 is 11.8 Å². The Morgan fingerprint density at radius 2 is 1.89 bits per heavy atom. The number of carbonyl (C=O) groups excluding carboxylic acids is 1. The number of aromatic nitrogens is 3. The van der Waals surface area contributed by atoms with Crippen LogP contribution < -0.4 is 5.32 Å².